The minimum Gasteiger partial charge on any atom is -0.347 e. The molecule has 2 rings (SSSR count). The smallest absolute Gasteiger partial charge is 0.271 e. The van der Waals surface area contributed by atoms with Gasteiger partial charge in [0, 0.05) is 6.54 Å². The van der Waals surface area contributed by atoms with Gasteiger partial charge in [0.15, 0.2) is 5.82 Å². The number of nitrogens with one attached hydrogen (secondary N) is 2. The van der Waals surface area contributed by atoms with Crippen molar-refractivity contribution in [2.24, 2.45) is 5.84 Å². The van der Waals surface area contributed by atoms with Gasteiger partial charge in [-0.05, 0) is 17.7 Å². The van der Waals surface area contributed by atoms with E-state index in [0.717, 1.165) is 5.56 Å². The van der Waals surface area contributed by atoms with Gasteiger partial charge in [-0.1, -0.05) is 12.1 Å². The van der Waals surface area contributed by atoms with Crippen LogP contribution in [0.2, 0.25) is 0 Å². The van der Waals surface area contributed by atoms with Crippen LogP contribution >= 0.6 is 0 Å². The van der Waals surface area contributed by atoms with E-state index < -0.39 is 0 Å². The average Bonchev–Trinajstić information content (AvgIpc) is 2.46. The first kappa shape index (κ1) is 12.9. The Hall–Kier alpha value is -2.54. The van der Waals surface area contributed by atoms with Crippen molar-refractivity contribution in [1.82, 2.24) is 15.3 Å². The van der Waals surface area contributed by atoms with Crippen molar-refractivity contribution in [1.29, 1.82) is 0 Å². The van der Waals surface area contributed by atoms with Crippen molar-refractivity contribution in [2.75, 3.05) is 5.43 Å². The van der Waals surface area contributed by atoms with Gasteiger partial charge >= 0.3 is 0 Å². The molecule has 0 radical (unpaired) electrons. The summed E-state index contributed by atoms with van der Waals surface area (Å²) in [6.07, 6.45) is 2.67. The van der Waals surface area contributed by atoms with Crippen molar-refractivity contribution in [3.05, 3.63) is 53.7 Å². The fraction of sp³-hybridized carbons (Fsp3) is 0.0833. The number of anilines is 1. The van der Waals surface area contributed by atoms with E-state index in [1.165, 1.54) is 24.5 Å². The minimum atomic E-state index is -0.361. The molecule has 4 N–H and O–H groups in total. The Morgan fingerprint density at radius 1 is 1.21 bits per heavy atom. The maximum atomic E-state index is 12.7. The highest BCUT2D eigenvalue weighted by molar-refractivity contribution is 5.91. The van der Waals surface area contributed by atoms with E-state index in [-0.39, 0.29) is 24.0 Å². The number of benzene rings is 1. The van der Waals surface area contributed by atoms with Crippen LogP contribution < -0.4 is 16.6 Å². The predicted molar refractivity (Wildman–Crippen MR) is 67.4 cm³/mol. The Kier molecular flexibility index (Phi) is 3.99. The molecule has 0 atom stereocenters. The number of nitrogens with two attached hydrogens (primary N) is 1. The van der Waals surface area contributed by atoms with E-state index in [0.29, 0.717) is 5.82 Å². The lowest BCUT2D eigenvalue weighted by Crippen LogP contribution is -2.24. The first-order valence-corrected chi connectivity index (χ1v) is 5.50. The number of rotatable bonds is 4. The summed E-state index contributed by atoms with van der Waals surface area (Å²) in [5.74, 6) is 4.83. The normalized spacial score (nSPS) is 10.0. The third-order valence-electron chi connectivity index (χ3n) is 2.40. The molecule has 2 aromatic rings. The lowest BCUT2D eigenvalue weighted by molar-refractivity contribution is 0.0945. The zero-order valence-electron chi connectivity index (χ0n) is 9.93. The molecular weight excluding hydrogens is 249 g/mol. The molecule has 0 unspecified atom stereocenters. The molecule has 0 aliphatic heterocycles. The van der Waals surface area contributed by atoms with Crippen LogP contribution in [0.3, 0.4) is 0 Å². The van der Waals surface area contributed by atoms with Gasteiger partial charge in [-0.2, -0.15) is 0 Å². The first-order valence-electron chi connectivity index (χ1n) is 5.50. The number of carbonyl (C=O) groups excluding carboxylic acids is 1. The van der Waals surface area contributed by atoms with Crippen molar-refractivity contribution in [3.63, 3.8) is 0 Å². The fourth-order valence-corrected chi connectivity index (χ4v) is 1.39. The van der Waals surface area contributed by atoms with Crippen LogP contribution in [0.15, 0.2) is 36.7 Å². The summed E-state index contributed by atoms with van der Waals surface area (Å²) in [5, 5.41) is 2.66. The number of hydrogen-bond acceptors (Lipinski definition) is 5. The van der Waals surface area contributed by atoms with Crippen molar-refractivity contribution >= 4 is 11.7 Å². The number of nitrogens with zero attached hydrogens (tertiary/aromatic N) is 2. The summed E-state index contributed by atoms with van der Waals surface area (Å²) >= 11 is 0. The molecule has 1 heterocycles. The highest BCUT2D eigenvalue weighted by atomic mass is 19.1. The van der Waals surface area contributed by atoms with E-state index >= 15 is 0 Å². The standard InChI is InChI=1S/C12H12FN5O/c13-9-3-1-8(2-4-9)5-17-12(19)10-6-16-11(18-14)7-15-10/h1-4,6-7H,5,14H2,(H,16,18)(H,17,19). The number of aromatic nitrogens is 2. The number of carbonyl (C=O) groups is 1. The van der Waals surface area contributed by atoms with Gasteiger partial charge in [0.25, 0.3) is 5.91 Å². The summed E-state index contributed by atoms with van der Waals surface area (Å²) in [7, 11) is 0. The SMILES string of the molecule is NNc1cnc(C(=O)NCc2ccc(F)cc2)cn1. The second kappa shape index (κ2) is 5.87. The Labute approximate surface area is 108 Å². The van der Waals surface area contributed by atoms with Crippen molar-refractivity contribution < 1.29 is 9.18 Å². The number of hydrazine groups is 1. The van der Waals surface area contributed by atoms with E-state index in [2.05, 4.69) is 20.7 Å². The third kappa shape index (κ3) is 3.46. The van der Waals surface area contributed by atoms with E-state index in [1.54, 1.807) is 12.1 Å². The Balaban J connectivity index is 1.95. The molecular formula is C12H12FN5O. The molecule has 1 aromatic heterocycles. The van der Waals surface area contributed by atoms with Crippen molar-refractivity contribution in [2.45, 2.75) is 6.54 Å². The molecule has 1 amide bonds. The van der Waals surface area contributed by atoms with Crippen molar-refractivity contribution in [3.8, 4) is 0 Å². The molecule has 0 aliphatic carbocycles. The summed E-state index contributed by atoms with van der Waals surface area (Å²) in [6, 6.07) is 5.87. The van der Waals surface area contributed by atoms with Crippen LogP contribution in [-0.4, -0.2) is 15.9 Å². The van der Waals surface area contributed by atoms with Crippen LogP contribution in [0, 0.1) is 5.82 Å². The summed E-state index contributed by atoms with van der Waals surface area (Å²) in [5.41, 5.74) is 3.29. The molecule has 19 heavy (non-hydrogen) atoms. The van der Waals surface area contributed by atoms with Gasteiger partial charge in [-0.25, -0.2) is 20.2 Å². The molecule has 6 nitrogen and oxygen atoms in total. The monoisotopic (exact) mass is 261 g/mol. The van der Waals surface area contributed by atoms with Crippen LogP contribution in [0.5, 0.6) is 0 Å². The van der Waals surface area contributed by atoms with Crippen LogP contribution in [-0.2, 0) is 6.54 Å². The number of hydrogen-bond donors (Lipinski definition) is 3. The average molecular weight is 261 g/mol. The maximum Gasteiger partial charge on any atom is 0.271 e. The zero-order valence-corrected chi connectivity index (χ0v) is 9.93. The Bertz CT molecular complexity index is 555. The molecule has 0 spiro atoms. The molecule has 98 valence electrons. The zero-order chi connectivity index (χ0) is 13.7. The first-order chi connectivity index (χ1) is 9.19. The van der Waals surface area contributed by atoms with Gasteiger partial charge in [0.05, 0.1) is 12.4 Å². The van der Waals surface area contributed by atoms with Gasteiger partial charge in [0.2, 0.25) is 0 Å². The van der Waals surface area contributed by atoms with Crippen LogP contribution in [0.25, 0.3) is 0 Å². The second-order valence-corrected chi connectivity index (χ2v) is 3.74. The molecule has 0 fully saturated rings. The maximum absolute atomic E-state index is 12.7. The third-order valence-corrected chi connectivity index (χ3v) is 2.40. The number of amides is 1. The molecule has 0 aliphatic rings. The molecule has 0 saturated carbocycles. The van der Waals surface area contributed by atoms with E-state index in [9.17, 15) is 9.18 Å². The summed E-state index contributed by atoms with van der Waals surface area (Å²) < 4.78 is 12.7. The minimum absolute atomic E-state index is 0.182. The van der Waals surface area contributed by atoms with E-state index in [1.807, 2.05) is 0 Å². The van der Waals surface area contributed by atoms with Gasteiger partial charge in [0.1, 0.15) is 11.5 Å². The number of nitrogen functional groups attached to an aromatic ring is 1. The second-order valence-electron chi connectivity index (χ2n) is 3.74. The quantitative estimate of drug-likeness (QED) is 0.560. The highest BCUT2D eigenvalue weighted by Gasteiger charge is 2.07. The Morgan fingerprint density at radius 2 is 1.95 bits per heavy atom. The van der Waals surface area contributed by atoms with Gasteiger partial charge in [-0.3, -0.25) is 4.79 Å². The number of halogens is 1. The topological polar surface area (TPSA) is 92.9 Å². The summed E-state index contributed by atoms with van der Waals surface area (Å²) in [6.45, 7) is 0.289. The molecule has 0 bridgehead atoms. The largest absolute Gasteiger partial charge is 0.347 e. The molecule has 0 saturated heterocycles. The lowest BCUT2D eigenvalue weighted by Gasteiger charge is -2.05. The molecule has 7 heteroatoms. The van der Waals surface area contributed by atoms with Crippen LogP contribution in [0.1, 0.15) is 16.1 Å². The molecule has 1 aromatic carbocycles. The van der Waals surface area contributed by atoms with E-state index in [4.69, 9.17) is 5.84 Å². The predicted octanol–water partition coefficient (Wildman–Crippen LogP) is 0.831. The fourth-order valence-electron chi connectivity index (χ4n) is 1.39. The van der Waals surface area contributed by atoms with Crippen LogP contribution in [0.4, 0.5) is 10.2 Å². The van der Waals surface area contributed by atoms with Gasteiger partial charge < -0.3 is 10.7 Å². The lowest BCUT2D eigenvalue weighted by atomic mass is 10.2. The Morgan fingerprint density at radius 3 is 2.53 bits per heavy atom. The highest BCUT2D eigenvalue weighted by Crippen LogP contribution is 2.03. The van der Waals surface area contributed by atoms with Gasteiger partial charge in [-0.15, -0.1) is 0 Å². The summed E-state index contributed by atoms with van der Waals surface area (Å²) in [4.78, 5) is 19.5.